The third-order valence-electron chi connectivity index (χ3n) is 4.53. The molecule has 2 rings (SSSR count). The van der Waals surface area contributed by atoms with Crippen molar-refractivity contribution < 1.29 is 17.9 Å². The van der Waals surface area contributed by atoms with Crippen molar-refractivity contribution in [2.24, 2.45) is 0 Å². The van der Waals surface area contributed by atoms with Crippen LogP contribution in [0.25, 0.3) is 0 Å². The van der Waals surface area contributed by atoms with Gasteiger partial charge in [-0.05, 0) is 63.6 Å². The lowest BCUT2D eigenvalue weighted by Gasteiger charge is -2.37. The molecule has 0 radical (unpaired) electrons. The predicted molar refractivity (Wildman–Crippen MR) is 106 cm³/mol. The molecule has 1 aromatic carbocycles. The monoisotopic (exact) mass is 399 g/mol. The summed E-state index contributed by atoms with van der Waals surface area (Å²) in [7, 11) is -3.75. The highest BCUT2D eigenvalue weighted by atomic mass is 32.2. The first-order valence-corrected chi connectivity index (χ1v) is 11.5. The van der Waals surface area contributed by atoms with Gasteiger partial charge in [-0.2, -0.15) is 16.1 Å². The number of hydrogen-bond donors (Lipinski definition) is 0. The van der Waals surface area contributed by atoms with Gasteiger partial charge in [-0.1, -0.05) is 13.3 Å². The third-order valence-corrected chi connectivity index (χ3v) is 7.86. The Morgan fingerprint density at radius 3 is 2.54 bits per heavy atom. The first-order valence-electron chi connectivity index (χ1n) is 9.09. The zero-order valence-corrected chi connectivity index (χ0v) is 17.7. The molecular formula is C19H29NO4S2. The van der Waals surface area contributed by atoms with Crippen LogP contribution in [0.4, 0.5) is 0 Å². The quantitative estimate of drug-likeness (QED) is 0.654. The van der Waals surface area contributed by atoms with E-state index in [4.69, 9.17) is 4.74 Å². The van der Waals surface area contributed by atoms with Crippen LogP contribution in [0, 0.1) is 0 Å². The van der Waals surface area contributed by atoms with E-state index in [1.165, 1.54) is 11.2 Å². The molecule has 1 heterocycles. The molecule has 26 heavy (non-hydrogen) atoms. The molecule has 7 heteroatoms. The molecule has 0 N–H and O–H groups in total. The van der Waals surface area contributed by atoms with Gasteiger partial charge in [0.1, 0.15) is 11.5 Å². The van der Waals surface area contributed by atoms with Crippen molar-refractivity contribution in [3.05, 3.63) is 24.3 Å². The second-order valence-electron chi connectivity index (χ2n) is 7.11. The van der Waals surface area contributed by atoms with Gasteiger partial charge in [-0.25, -0.2) is 8.42 Å². The molecular weight excluding hydrogens is 370 g/mol. The number of nitrogens with zero attached hydrogens (tertiary/aromatic N) is 1. The number of rotatable bonds is 7. The summed E-state index contributed by atoms with van der Waals surface area (Å²) in [5, 5.41) is 0. The van der Waals surface area contributed by atoms with Crippen molar-refractivity contribution in [3.8, 4) is 5.75 Å². The Hall–Kier alpha value is -1.05. The maximum absolute atomic E-state index is 13.2. The number of Topliss-reactive ketones (excluding diaryl/α,β-unsaturated/α-hetero) is 1. The molecule has 1 atom stereocenters. The van der Waals surface area contributed by atoms with E-state index in [2.05, 4.69) is 6.92 Å². The fourth-order valence-electron chi connectivity index (χ4n) is 3.24. The van der Waals surface area contributed by atoms with E-state index in [-0.39, 0.29) is 10.7 Å². The highest BCUT2D eigenvalue weighted by Gasteiger charge is 2.45. The summed E-state index contributed by atoms with van der Waals surface area (Å²) in [5.74, 6) is 1.38. The van der Waals surface area contributed by atoms with Crippen LogP contribution < -0.4 is 4.74 Å². The lowest BCUT2D eigenvalue weighted by atomic mass is 9.99. The molecule has 0 aromatic heterocycles. The second-order valence-corrected chi connectivity index (χ2v) is 10.7. The summed E-state index contributed by atoms with van der Waals surface area (Å²) in [6, 6.07) is 5.84. The van der Waals surface area contributed by atoms with Crippen molar-refractivity contribution in [1.82, 2.24) is 4.31 Å². The van der Waals surface area contributed by atoms with Crippen LogP contribution in [-0.2, 0) is 14.8 Å². The van der Waals surface area contributed by atoms with Crippen molar-refractivity contribution >= 4 is 27.6 Å². The standard InChI is InChI=1S/C19H29NO4S2/c1-5-6-13-24-16-8-10-17(11-9-16)26(22,23)20-12-7-14-25-19(3,4)18(20)15(2)21/h8-11,18H,5-7,12-14H2,1-4H3/t18-/m0/s1. The van der Waals surface area contributed by atoms with Gasteiger partial charge >= 0.3 is 0 Å². The van der Waals surface area contributed by atoms with Crippen LogP contribution in [0.3, 0.4) is 0 Å². The third kappa shape index (κ3) is 4.81. The number of hydrogen-bond acceptors (Lipinski definition) is 5. The predicted octanol–water partition coefficient (Wildman–Crippen LogP) is 3.73. The minimum atomic E-state index is -3.75. The maximum atomic E-state index is 13.2. The van der Waals surface area contributed by atoms with Crippen molar-refractivity contribution in [3.63, 3.8) is 0 Å². The average Bonchev–Trinajstić information content (AvgIpc) is 2.73. The molecule has 146 valence electrons. The largest absolute Gasteiger partial charge is 0.494 e. The van der Waals surface area contributed by atoms with E-state index < -0.39 is 20.8 Å². The highest BCUT2D eigenvalue weighted by Crippen LogP contribution is 2.37. The van der Waals surface area contributed by atoms with Crippen LogP contribution in [0.15, 0.2) is 29.2 Å². The molecule has 5 nitrogen and oxygen atoms in total. The smallest absolute Gasteiger partial charge is 0.243 e. The highest BCUT2D eigenvalue weighted by molar-refractivity contribution is 8.00. The van der Waals surface area contributed by atoms with Gasteiger partial charge in [-0.3, -0.25) is 4.79 Å². The molecule has 1 aromatic rings. The molecule has 0 amide bonds. The second kappa shape index (κ2) is 8.76. The molecule has 0 aliphatic carbocycles. The van der Waals surface area contributed by atoms with E-state index in [0.717, 1.165) is 25.0 Å². The fraction of sp³-hybridized carbons (Fsp3) is 0.632. The van der Waals surface area contributed by atoms with Gasteiger partial charge in [-0.15, -0.1) is 0 Å². The molecule has 0 spiro atoms. The van der Waals surface area contributed by atoms with E-state index >= 15 is 0 Å². The number of carbonyl (C=O) groups excluding carboxylic acids is 1. The van der Waals surface area contributed by atoms with Gasteiger partial charge < -0.3 is 4.74 Å². The lowest BCUT2D eigenvalue weighted by molar-refractivity contribution is -0.121. The molecule has 0 saturated carbocycles. The summed E-state index contributed by atoms with van der Waals surface area (Å²) >= 11 is 1.66. The van der Waals surface area contributed by atoms with Crippen LogP contribution in [0.2, 0.25) is 0 Å². The first kappa shape index (κ1) is 21.3. The zero-order chi connectivity index (χ0) is 19.4. The summed E-state index contributed by atoms with van der Waals surface area (Å²) in [5.41, 5.74) is 0. The summed E-state index contributed by atoms with van der Waals surface area (Å²) < 4.78 is 33.0. The van der Waals surface area contributed by atoms with Crippen molar-refractivity contribution in [2.45, 2.75) is 62.6 Å². The number of ketones is 1. The van der Waals surface area contributed by atoms with Crippen molar-refractivity contribution in [1.29, 1.82) is 0 Å². The minimum absolute atomic E-state index is 0.118. The summed E-state index contributed by atoms with van der Waals surface area (Å²) in [6.07, 6.45) is 2.73. The van der Waals surface area contributed by atoms with Gasteiger partial charge in [0.25, 0.3) is 0 Å². The minimum Gasteiger partial charge on any atom is -0.494 e. The number of ether oxygens (including phenoxy) is 1. The number of sulfonamides is 1. The zero-order valence-electron chi connectivity index (χ0n) is 16.0. The Morgan fingerprint density at radius 2 is 1.96 bits per heavy atom. The Bertz CT molecular complexity index is 714. The van der Waals surface area contributed by atoms with Crippen molar-refractivity contribution in [2.75, 3.05) is 18.9 Å². The average molecular weight is 400 g/mol. The first-order chi connectivity index (χ1) is 12.2. The Labute approximate surface area is 161 Å². The van der Waals surface area contributed by atoms with Crippen LogP contribution in [0.1, 0.15) is 47.0 Å². The van der Waals surface area contributed by atoms with Crippen LogP contribution in [-0.4, -0.2) is 48.2 Å². The van der Waals surface area contributed by atoms with Gasteiger partial charge in [0.2, 0.25) is 10.0 Å². The molecule has 1 aliphatic rings. The Kier molecular flexibility index (Phi) is 7.16. The van der Waals surface area contributed by atoms with Crippen LogP contribution in [0.5, 0.6) is 5.75 Å². The van der Waals surface area contributed by atoms with Crippen LogP contribution >= 0.6 is 11.8 Å². The number of benzene rings is 1. The normalized spacial score (nSPS) is 21.2. The lowest BCUT2D eigenvalue weighted by Crippen LogP contribution is -2.53. The Balaban J connectivity index is 2.30. The number of thioether (sulfide) groups is 1. The fourth-order valence-corrected chi connectivity index (χ4v) is 6.37. The maximum Gasteiger partial charge on any atom is 0.243 e. The molecule has 1 saturated heterocycles. The SMILES string of the molecule is CCCCOc1ccc(S(=O)(=O)N2CCCSC(C)(C)[C@@H]2C(C)=O)cc1. The topological polar surface area (TPSA) is 63.7 Å². The van der Waals surface area contributed by atoms with E-state index in [9.17, 15) is 13.2 Å². The van der Waals surface area contributed by atoms with Gasteiger partial charge in [0, 0.05) is 11.3 Å². The molecule has 0 unspecified atom stereocenters. The van der Waals surface area contributed by atoms with E-state index in [1.807, 2.05) is 13.8 Å². The number of carbonyl (C=O) groups is 1. The number of unbranched alkanes of at least 4 members (excludes halogenated alkanes) is 1. The van der Waals surface area contributed by atoms with Gasteiger partial charge in [0.15, 0.2) is 0 Å². The summed E-state index contributed by atoms with van der Waals surface area (Å²) in [6.45, 7) is 8.44. The van der Waals surface area contributed by atoms with E-state index in [1.54, 1.807) is 36.0 Å². The van der Waals surface area contributed by atoms with Gasteiger partial charge in [0.05, 0.1) is 17.5 Å². The molecule has 0 bridgehead atoms. The van der Waals surface area contributed by atoms with E-state index in [0.29, 0.717) is 18.9 Å². The Morgan fingerprint density at radius 1 is 1.31 bits per heavy atom. The molecule has 1 fully saturated rings. The summed E-state index contributed by atoms with van der Waals surface area (Å²) in [4.78, 5) is 12.5. The molecule has 1 aliphatic heterocycles.